The van der Waals surface area contributed by atoms with Gasteiger partial charge in [-0.2, -0.15) is 0 Å². The Morgan fingerprint density at radius 2 is 2.45 bits per heavy atom. The average molecular weight is 149 g/mol. The fraction of sp³-hybridized carbons (Fsp3) is 0.286. The van der Waals surface area contributed by atoms with Gasteiger partial charge < -0.3 is 5.32 Å². The molecule has 0 fully saturated rings. The second kappa shape index (κ2) is 2.02. The molecule has 0 radical (unpaired) electrons. The fourth-order valence-electron chi connectivity index (χ4n) is 1.08. The number of anilines is 1. The first-order valence-electron chi connectivity index (χ1n) is 3.38. The van der Waals surface area contributed by atoms with E-state index in [4.69, 9.17) is 0 Å². The monoisotopic (exact) mass is 149 g/mol. The number of hydrogen-bond donors (Lipinski definition) is 1. The summed E-state index contributed by atoms with van der Waals surface area (Å²) in [5.74, 6) is 0.589. The van der Waals surface area contributed by atoms with E-state index in [0.717, 1.165) is 11.4 Å². The van der Waals surface area contributed by atoms with E-state index in [1.54, 1.807) is 6.20 Å². The lowest BCUT2D eigenvalue weighted by molar-refractivity contribution is -0.115. The van der Waals surface area contributed by atoms with E-state index in [2.05, 4.69) is 15.3 Å². The number of amides is 1. The largest absolute Gasteiger partial charge is 0.309 e. The first-order chi connectivity index (χ1) is 5.25. The minimum Gasteiger partial charge on any atom is -0.309 e. The van der Waals surface area contributed by atoms with Crippen LogP contribution in [0.2, 0.25) is 0 Å². The molecular weight excluding hydrogens is 142 g/mol. The van der Waals surface area contributed by atoms with Crippen LogP contribution < -0.4 is 5.32 Å². The van der Waals surface area contributed by atoms with Crippen molar-refractivity contribution in [1.29, 1.82) is 0 Å². The molecule has 0 saturated heterocycles. The Labute approximate surface area is 63.7 Å². The number of rotatable bonds is 0. The molecule has 1 N–H and O–H groups in total. The summed E-state index contributed by atoms with van der Waals surface area (Å²) in [4.78, 5) is 19.0. The van der Waals surface area contributed by atoms with Crippen molar-refractivity contribution in [3.05, 3.63) is 17.6 Å². The summed E-state index contributed by atoms with van der Waals surface area (Å²) >= 11 is 0. The Hall–Kier alpha value is -1.45. The summed E-state index contributed by atoms with van der Waals surface area (Å²) < 4.78 is 0. The fourth-order valence-corrected chi connectivity index (χ4v) is 1.08. The highest BCUT2D eigenvalue weighted by Gasteiger charge is 2.19. The second-order valence-electron chi connectivity index (χ2n) is 2.53. The van der Waals surface area contributed by atoms with Gasteiger partial charge in [-0.05, 0) is 6.92 Å². The highest BCUT2D eigenvalue weighted by Crippen LogP contribution is 2.16. The Morgan fingerprint density at radius 1 is 1.64 bits per heavy atom. The normalized spacial score (nSPS) is 14.5. The van der Waals surface area contributed by atoms with Gasteiger partial charge in [-0.25, -0.2) is 4.98 Å². The third kappa shape index (κ3) is 0.960. The van der Waals surface area contributed by atoms with E-state index in [-0.39, 0.29) is 5.91 Å². The van der Waals surface area contributed by atoms with Crippen LogP contribution in [0.3, 0.4) is 0 Å². The van der Waals surface area contributed by atoms with Crippen molar-refractivity contribution < 1.29 is 4.79 Å². The number of nitrogens with zero attached hydrogens (tertiary/aromatic N) is 2. The zero-order valence-electron chi connectivity index (χ0n) is 6.09. The smallest absolute Gasteiger partial charge is 0.231 e. The van der Waals surface area contributed by atoms with E-state index in [0.29, 0.717) is 12.2 Å². The minimum atomic E-state index is -0.0226. The molecular formula is C7H7N3O. The van der Waals surface area contributed by atoms with Crippen LogP contribution in [-0.4, -0.2) is 15.9 Å². The molecule has 0 spiro atoms. The van der Waals surface area contributed by atoms with Crippen LogP contribution in [0.15, 0.2) is 6.20 Å². The van der Waals surface area contributed by atoms with E-state index in [1.807, 2.05) is 6.92 Å². The number of fused-ring (bicyclic) bond motifs is 1. The van der Waals surface area contributed by atoms with Gasteiger partial charge in [0.05, 0.1) is 24.0 Å². The van der Waals surface area contributed by atoms with Crippen molar-refractivity contribution in [2.24, 2.45) is 0 Å². The molecule has 0 unspecified atom stereocenters. The SMILES string of the molecule is Cc1cnc2c(n1)CC(=O)N2. The lowest BCUT2D eigenvalue weighted by Crippen LogP contribution is -2.04. The molecule has 0 atom stereocenters. The lowest BCUT2D eigenvalue weighted by Gasteiger charge is -1.95. The first kappa shape index (κ1) is 6.27. The van der Waals surface area contributed by atoms with Crippen LogP contribution in [0.25, 0.3) is 0 Å². The Bertz CT molecular complexity index is 321. The van der Waals surface area contributed by atoms with Gasteiger partial charge in [0.1, 0.15) is 0 Å². The second-order valence-corrected chi connectivity index (χ2v) is 2.53. The highest BCUT2D eigenvalue weighted by atomic mass is 16.1. The van der Waals surface area contributed by atoms with Crippen LogP contribution in [0.1, 0.15) is 11.4 Å². The Balaban J connectivity index is 2.51. The topological polar surface area (TPSA) is 54.9 Å². The molecule has 2 rings (SSSR count). The third-order valence-electron chi connectivity index (χ3n) is 1.55. The molecule has 2 heterocycles. The van der Waals surface area contributed by atoms with E-state index >= 15 is 0 Å². The maximum atomic E-state index is 10.8. The van der Waals surface area contributed by atoms with Crippen LogP contribution in [0.5, 0.6) is 0 Å². The van der Waals surface area contributed by atoms with Gasteiger partial charge >= 0.3 is 0 Å². The quantitative estimate of drug-likeness (QED) is 0.576. The van der Waals surface area contributed by atoms with Crippen molar-refractivity contribution in [1.82, 2.24) is 9.97 Å². The number of nitrogens with one attached hydrogen (secondary N) is 1. The molecule has 1 aliphatic heterocycles. The summed E-state index contributed by atoms with van der Waals surface area (Å²) in [6.07, 6.45) is 2.01. The predicted octanol–water partition coefficient (Wildman–Crippen LogP) is 0.280. The zero-order valence-corrected chi connectivity index (χ0v) is 6.09. The number of aromatic nitrogens is 2. The summed E-state index contributed by atoms with van der Waals surface area (Å²) in [5.41, 5.74) is 1.61. The van der Waals surface area contributed by atoms with E-state index in [9.17, 15) is 4.79 Å². The van der Waals surface area contributed by atoms with Crippen LogP contribution in [0.4, 0.5) is 5.82 Å². The van der Waals surface area contributed by atoms with Gasteiger partial charge in [-0.3, -0.25) is 9.78 Å². The molecule has 56 valence electrons. The molecule has 1 aromatic rings. The molecule has 0 aromatic carbocycles. The highest BCUT2D eigenvalue weighted by molar-refractivity contribution is 5.97. The molecule has 4 nitrogen and oxygen atoms in total. The molecule has 0 bridgehead atoms. The van der Waals surface area contributed by atoms with Crippen LogP contribution in [0, 0.1) is 6.92 Å². The van der Waals surface area contributed by atoms with Crippen LogP contribution in [-0.2, 0) is 11.2 Å². The summed E-state index contributed by atoms with van der Waals surface area (Å²) in [6, 6.07) is 0. The van der Waals surface area contributed by atoms with Gasteiger partial charge in [0, 0.05) is 0 Å². The van der Waals surface area contributed by atoms with Gasteiger partial charge in [-0.15, -0.1) is 0 Å². The maximum Gasteiger partial charge on any atom is 0.231 e. The summed E-state index contributed by atoms with van der Waals surface area (Å²) in [5, 5.41) is 2.61. The number of aryl methyl sites for hydroxylation is 1. The van der Waals surface area contributed by atoms with Crippen LogP contribution >= 0.6 is 0 Å². The van der Waals surface area contributed by atoms with Crippen molar-refractivity contribution in [3.63, 3.8) is 0 Å². The van der Waals surface area contributed by atoms with Gasteiger partial charge in [0.25, 0.3) is 0 Å². The number of hydrogen-bond acceptors (Lipinski definition) is 3. The van der Waals surface area contributed by atoms with Gasteiger partial charge in [-0.1, -0.05) is 0 Å². The number of carbonyl (C=O) groups excluding carboxylic acids is 1. The molecule has 0 aliphatic carbocycles. The lowest BCUT2D eigenvalue weighted by atomic mass is 10.3. The molecule has 1 aromatic heterocycles. The maximum absolute atomic E-state index is 10.8. The summed E-state index contributed by atoms with van der Waals surface area (Å²) in [6.45, 7) is 1.86. The predicted molar refractivity (Wildman–Crippen MR) is 39.1 cm³/mol. The minimum absolute atomic E-state index is 0.0226. The van der Waals surface area contributed by atoms with Crippen molar-refractivity contribution >= 4 is 11.7 Å². The third-order valence-corrected chi connectivity index (χ3v) is 1.55. The van der Waals surface area contributed by atoms with Gasteiger partial charge in [0.2, 0.25) is 5.91 Å². The number of carbonyl (C=O) groups is 1. The average Bonchev–Trinajstić information content (AvgIpc) is 2.27. The zero-order chi connectivity index (χ0) is 7.84. The molecule has 1 amide bonds. The molecule has 11 heavy (non-hydrogen) atoms. The van der Waals surface area contributed by atoms with E-state index in [1.165, 1.54) is 0 Å². The first-order valence-corrected chi connectivity index (χ1v) is 3.38. The molecule has 0 saturated carbocycles. The van der Waals surface area contributed by atoms with Crippen molar-refractivity contribution in [3.8, 4) is 0 Å². The van der Waals surface area contributed by atoms with Crippen molar-refractivity contribution in [2.75, 3.05) is 5.32 Å². The Kier molecular flexibility index (Phi) is 1.15. The van der Waals surface area contributed by atoms with Gasteiger partial charge in [0.15, 0.2) is 5.82 Å². The molecule has 1 aliphatic rings. The summed E-state index contributed by atoms with van der Waals surface area (Å²) in [7, 11) is 0. The van der Waals surface area contributed by atoms with E-state index < -0.39 is 0 Å². The molecule has 4 heteroatoms. The standard InChI is InChI=1S/C7H7N3O/c1-4-3-8-7-5(9-4)2-6(11)10-7/h3H,2H2,1H3,(H,8,10,11). The van der Waals surface area contributed by atoms with Crippen molar-refractivity contribution in [2.45, 2.75) is 13.3 Å². The Morgan fingerprint density at radius 3 is 3.27 bits per heavy atom.